The van der Waals surface area contributed by atoms with Crippen molar-refractivity contribution in [3.05, 3.63) is 0 Å². The van der Waals surface area contributed by atoms with Crippen LogP contribution in [0.4, 0.5) is 0 Å². The summed E-state index contributed by atoms with van der Waals surface area (Å²) in [7, 11) is 0. The molecular formula is C14H18. The van der Waals surface area contributed by atoms with Crippen molar-refractivity contribution in [3.8, 4) is 0 Å². The molecule has 5 fully saturated rings. The monoisotopic (exact) mass is 186 g/mol. The van der Waals surface area contributed by atoms with Crippen LogP contribution in [0, 0.1) is 45.8 Å². The Morgan fingerprint density at radius 1 is 1.00 bits per heavy atom. The molecule has 14 heavy (non-hydrogen) atoms. The number of hydrogen-bond donors (Lipinski definition) is 0. The first-order valence-corrected chi connectivity index (χ1v) is 6.71. The fraction of sp³-hybridized carbons (Fsp3) is 1.00. The standard InChI is InChI=1S/C14H18/c1-12-5-10-8-4-13(12)3-7(8)9-2-11(12)14(9,10)6-13/h7-11H,2-6H2,1H3. The molecule has 0 heteroatoms. The van der Waals surface area contributed by atoms with Crippen molar-refractivity contribution < 1.29 is 0 Å². The van der Waals surface area contributed by atoms with Crippen LogP contribution in [-0.2, 0) is 0 Å². The second-order valence-corrected chi connectivity index (χ2v) is 7.93. The number of hydrogen-bond acceptors (Lipinski definition) is 0. The molecule has 5 rings (SSSR count). The summed E-state index contributed by atoms with van der Waals surface area (Å²) in [5.41, 5.74) is 2.71. The van der Waals surface area contributed by atoms with Crippen LogP contribution >= 0.6 is 0 Å². The van der Waals surface area contributed by atoms with Gasteiger partial charge in [0.15, 0.2) is 0 Å². The van der Waals surface area contributed by atoms with Crippen molar-refractivity contribution >= 4 is 0 Å². The molecule has 0 saturated heterocycles. The van der Waals surface area contributed by atoms with Gasteiger partial charge in [0.05, 0.1) is 0 Å². The summed E-state index contributed by atoms with van der Waals surface area (Å²) >= 11 is 0. The van der Waals surface area contributed by atoms with Gasteiger partial charge in [0.1, 0.15) is 0 Å². The first-order chi connectivity index (χ1) is 6.71. The molecule has 5 aliphatic carbocycles. The molecule has 0 aromatic heterocycles. The molecule has 2 bridgehead atoms. The molecule has 0 aromatic rings. The van der Waals surface area contributed by atoms with Crippen molar-refractivity contribution in [1.29, 1.82) is 0 Å². The van der Waals surface area contributed by atoms with E-state index in [-0.39, 0.29) is 0 Å². The third kappa shape index (κ3) is 0.296. The molecule has 0 aliphatic heterocycles. The molecular weight excluding hydrogens is 168 g/mol. The van der Waals surface area contributed by atoms with Crippen LogP contribution in [0.15, 0.2) is 0 Å². The lowest BCUT2D eigenvalue weighted by Crippen LogP contribution is -2.48. The van der Waals surface area contributed by atoms with Crippen LogP contribution < -0.4 is 0 Å². The Kier molecular flexibility index (Phi) is 0.607. The molecule has 0 N–H and O–H groups in total. The Bertz CT molecular complexity index is 389. The highest BCUT2D eigenvalue weighted by Gasteiger charge is 2.91. The molecule has 0 nitrogen and oxygen atoms in total. The molecule has 0 radical (unpaired) electrons. The van der Waals surface area contributed by atoms with E-state index in [1.54, 1.807) is 32.1 Å². The molecule has 74 valence electrons. The zero-order valence-electron chi connectivity index (χ0n) is 8.92. The van der Waals surface area contributed by atoms with Gasteiger partial charge in [-0.2, -0.15) is 0 Å². The zero-order chi connectivity index (χ0) is 8.92. The zero-order valence-corrected chi connectivity index (χ0v) is 8.92. The molecule has 0 aromatic carbocycles. The van der Waals surface area contributed by atoms with Crippen molar-refractivity contribution in [2.24, 2.45) is 45.8 Å². The summed E-state index contributed by atoms with van der Waals surface area (Å²) in [6, 6.07) is 0. The van der Waals surface area contributed by atoms with Crippen molar-refractivity contribution in [3.63, 3.8) is 0 Å². The Hall–Kier alpha value is 0. The third-order valence-corrected chi connectivity index (χ3v) is 8.62. The average Bonchev–Trinajstić information content (AvgIpc) is 2.48. The molecule has 0 amide bonds. The van der Waals surface area contributed by atoms with Gasteiger partial charge in [-0.15, -0.1) is 0 Å². The molecule has 8 atom stereocenters. The highest BCUT2D eigenvalue weighted by molar-refractivity contribution is 5.39. The minimum Gasteiger partial charge on any atom is -0.0588 e. The van der Waals surface area contributed by atoms with E-state index in [1.807, 2.05) is 0 Å². The fourth-order valence-electron chi connectivity index (χ4n) is 8.63. The minimum atomic E-state index is 0.843. The first-order valence-electron chi connectivity index (χ1n) is 6.71. The fourth-order valence-corrected chi connectivity index (χ4v) is 8.63. The topological polar surface area (TPSA) is 0 Å². The lowest BCUT2D eigenvalue weighted by Gasteiger charge is -2.55. The summed E-state index contributed by atoms with van der Waals surface area (Å²) in [5, 5.41) is 0. The van der Waals surface area contributed by atoms with Gasteiger partial charge in [0, 0.05) is 0 Å². The van der Waals surface area contributed by atoms with Crippen molar-refractivity contribution in [1.82, 2.24) is 0 Å². The third-order valence-electron chi connectivity index (χ3n) is 8.62. The van der Waals surface area contributed by atoms with E-state index in [2.05, 4.69) is 6.92 Å². The van der Waals surface area contributed by atoms with Gasteiger partial charge >= 0.3 is 0 Å². The molecule has 8 unspecified atom stereocenters. The van der Waals surface area contributed by atoms with Crippen LogP contribution in [0.3, 0.4) is 0 Å². The second-order valence-electron chi connectivity index (χ2n) is 7.93. The average molecular weight is 186 g/mol. The molecule has 0 heterocycles. The van der Waals surface area contributed by atoms with Crippen LogP contribution in [0.1, 0.15) is 39.0 Å². The summed E-state index contributed by atoms with van der Waals surface area (Å²) < 4.78 is 0. The van der Waals surface area contributed by atoms with Crippen LogP contribution in [0.25, 0.3) is 0 Å². The van der Waals surface area contributed by atoms with Crippen LogP contribution in [0.2, 0.25) is 0 Å². The summed E-state index contributed by atoms with van der Waals surface area (Å²) in [6.45, 7) is 2.69. The maximum Gasteiger partial charge on any atom is -0.0196 e. The van der Waals surface area contributed by atoms with E-state index in [9.17, 15) is 0 Å². The maximum atomic E-state index is 2.69. The summed E-state index contributed by atoms with van der Waals surface area (Å²) in [4.78, 5) is 0. The Morgan fingerprint density at radius 3 is 2.64 bits per heavy atom. The minimum absolute atomic E-state index is 0.843. The smallest absolute Gasteiger partial charge is 0.0196 e. The SMILES string of the molecule is CC12CC3C4CC15CC4C1CC2C13C5. The summed E-state index contributed by atoms with van der Waals surface area (Å²) in [5.74, 6) is 6.14. The van der Waals surface area contributed by atoms with E-state index in [4.69, 9.17) is 0 Å². The van der Waals surface area contributed by atoms with Crippen molar-refractivity contribution in [2.45, 2.75) is 39.0 Å². The van der Waals surface area contributed by atoms with Gasteiger partial charge in [0.2, 0.25) is 0 Å². The molecule has 5 aliphatic rings. The number of fused-ring (bicyclic) bond motifs is 4. The Balaban J connectivity index is 1.85. The molecule has 2 spiro atoms. The van der Waals surface area contributed by atoms with Crippen LogP contribution in [0.5, 0.6) is 0 Å². The lowest BCUT2D eigenvalue weighted by molar-refractivity contribution is -0.0656. The maximum absolute atomic E-state index is 2.69. The largest absolute Gasteiger partial charge is 0.0588 e. The second kappa shape index (κ2) is 1.30. The van der Waals surface area contributed by atoms with E-state index in [0.29, 0.717) is 0 Å². The van der Waals surface area contributed by atoms with Crippen molar-refractivity contribution in [2.75, 3.05) is 0 Å². The highest BCUT2D eigenvalue weighted by Crippen LogP contribution is 2.98. The predicted octanol–water partition coefficient (Wildman–Crippen LogP) is 3.08. The van der Waals surface area contributed by atoms with Gasteiger partial charge in [-0.25, -0.2) is 0 Å². The Labute approximate surface area is 85.4 Å². The normalized spacial score (nSPS) is 88.5. The predicted molar refractivity (Wildman–Crippen MR) is 53.5 cm³/mol. The van der Waals surface area contributed by atoms with Gasteiger partial charge in [-0.1, -0.05) is 6.92 Å². The van der Waals surface area contributed by atoms with Gasteiger partial charge in [-0.05, 0) is 77.9 Å². The highest BCUT2D eigenvalue weighted by atomic mass is 15.0. The van der Waals surface area contributed by atoms with Gasteiger partial charge in [-0.3, -0.25) is 0 Å². The van der Waals surface area contributed by atoms with Gasteiger partial charge in [0.25, 0.3) is 0 Å². The van der Waals surface area contributed by atoms with E-state index >= 15 is 0 Å². The number of rotatable bonds is 0. The first kappa shape index (κ1) is 6.55. The van der Waals surface area contributed by atoms with Gasteiger partial charge < -0.3 is 0 Å². The summed E-state index contributed by atoms with van der Waals surface area (Å²) in [6.07, 6.45) is 8.37. The Morgan fingerprint density at radius 2 is 1.79 bits per heavy atom. The lowest BCUT2D eigenvalue weighted by atomic mass is 9.49. The van der Waals surface area contributed by atoms with E-state index in [0.717, 1.165) is 16.2 Å². The van der Waals surface area contributed by atoms with E-state index in [1.165, 1.54) is 29.6 Å². The molecule has 5 saturated carbocycles. The van der Waals surface area contributed by atoms with E-state index < -0.39 is 0 Å². The van der Waals surface area contributed by atoms with Crippen LogP contribution in [-0.4, -0.2) is 0 Å². The quantitative estimate of drug-likeness (QED) is 0.545.